The van der Waals surface area contributed by atoms with Crippen molar-refractivity contribution in [3.63, 3.8) is 0 Å². The Labute approximate surface area is 226 Å². The number of likely N-dealkylation sites (tertiary alicyclic amines) is 1. The number of benzene rings is 3. The number of ketones is 2. The molecule has 0 radical (unpaired) electrons. The van der Waals surface area contributed by atoms with Crippen LogP contribution >= 0.6 is 11.8 Å². The van der Waals surface area contributed by atoms with Gasteiger partial charge in [-0.05, 0) is 72.7 Å². The van der Waals surface area contributed by atoms with Crippen LogP contribution in [0.4, 0.5) is 4.39 Å². The van der Waals surface area contributed by atoms with Crippen molar-refractivity contribution in [3.05, 3.63) is 94.8 Å². The Balaban J connectivity index is 1.64. The maximum atomic E-state index is 14.9. The van der Waals surface area contributed by atoms with E-state index < -0.39 is 17.8 Å². The number of nitrogens with zero attached hydrogens (tertiary/aromatic N) is 1. The van der Waals surface area contributed by atoms with E-state index in [1.807, 2.05) is 17.8 Å². The molecule has 2 saturated heterocycles. The molecule has 5 nitrogen and oxygen atoms in total. The standard InChI is InChI=1S/C31H32FNO4S/c1-19-25(9-4-10-28(19)32)29-26(30(36)20-5-2-7-23(34)15-20)17-33(22-11-13-38-14-12-22)18-27(29)31(37)21-6-3-8-24(35)16-21/h2-10,15-16,22,26-27,29,34-35H,11-14,17-18H2,1H3/t26-,27-/m0/s1. The summed E-state index contributed by atoms with van der Waals surface area (Å²) in [5.74, 6) is -0.452. The lowest BCUT2D eigenvalue weighted by atomic mass is 9.67. The number of carbonyl (C=O) groups is 2. The lowest BCUT2D eigenvalue weighted by Crippen LogP contribution is -2.54. The Morgan fingerprint density at radius 3 is 1.89 bits per heavy atom. The first-order chi connectivity index (χ1) is 18.3. The van der Waals surface area contributed by atoms with Crippen molar-refractivity contribution in [2.24, 2.45) is 11.8 Å². The zero-order valence-electron chi connectivity index (χ0n) is 21.3. The van der Waals surface area contributed by atoms with Gasteiger partial charge in [0.2, 0.25) is 0 Å². The second-order valence-electron chi connectivity index (χ2n) is 10.3. The molecule has 0 aliphatic carbocycles. The Bertz CT molecular complexity index is 1270. The molecule has 2 fully saturated rings. The number of phenolic OH excluding ortho intramolecular Hbond substituents is 2. The molecule has 0 bridgehead atoms. The topological polar surface area (TPSA) is 77.8 Å². The van der Waals surface area contributed by atoms with Crippen molar-refractivity contribution in [3.8, 4) is 11.5 Å². The fraction of sp³-hybridized carbons (Fsp3) is 0.355. The third-order valence-electron chi connectivity index (χ3n) is 8.04. The monoisotopic (exact) mass is 533 g/mol. The van der Waals surface area contributed by atoms with Crippen LogP contribution in [0, 0.1) is 24.6 Å². The first kappa shape index (κ1) is 26.4. The van der Waals surface area contributed by atoms with Crippen LogP contribution in [0.2, 0.25) is 0 Å². The van der Waals surface area contributed by atoms with Crippen LogP contribution in [-0.4, -0.2) is 57.3 Å². The average molecular weight is 534 g/mol. The third-order valence-corrected chi connectivity index (χ3v) is 9.09. The summed E-state index contributed by atoms with van der Waals surface area (Å²) in [6.07, 6.45) is 1.96. The summed E-state index contributed by atoms with van der Waals surface area (Å²) in [5.41, 5.74) is 1.83. The number of halogens is 1. The Hall–Kier alpha value is -3.16. The molecular weight excluding hydrogens is 501 g/mol. The maximum Gasteiger partial charge on any atom is 0.167 e. The third kappa shape index (κ3) is 5.36. The lowest BCUT2D eigenvalue weighted by Gasteiger charge is -2.47. The Morgan fingerprint density at radius 2 is 1.37 bits per heavy atom. The molecule has 0 aromatic heterocycles. The van der Waals surface area contributed by atoms with E-state index in [1.165, 1.54) is 30.3 Å². The average Bonchev–Trinajstić information content (AvgIpc) is 2.93. The van der Waals surface area contributed by atoms with Crippen molar-refractivity contribution in [1.82, 2.24) is 4.90 Å². The quantitative estimate of drug-likeness (QED) is 0.388. The molecule has 2 heterocycles. The summed E-state index contributed by atoms with van der Waals surface area (Å²) in [7, 11) is 0. The summed E-state index contributed by atoms with van der Waals surface area (Å²) in [4.78, 5) is 30.5. The van der Waals surface area contributed by atoms with Gasteiger partial charge in [0.1, 0.15) is 17.3 Å². The molecule has 5 rings (SSSR count). The second kappa shape index (κ2) is 11.3. The predicted molar refractivity (Wildman–Crippen MR) is 148 cm³/mol. The SMILES string of the molecule is Cc1c(F)cccc1C1[C@@H](C(=O)c2cccc(O)c2)CN(C2CCSCC2)C[C@@H]1C(=O)c1cccc(O)c1. The fourth-order valence-electron chi connectivity index (χ4n) is 6.09. The first-order valence-corrected chi connectivity index (χ1v) is 14.2. The molecule has 2 atom stereocenters. The number of hydrogen-bond acceptors (Lipinski definition) is 6. The molecule has 198 valence electrons. The summed E-state index contributed by atoms with van der Waals surface area (Å²) >= 11 is 1.92. The van der Waals surface area contributed by atoms with Gasteiger partial charge in [0.15, 0.2) is 11.6 Å². The number of rotatable bonds is 6. The van der Waals surface area contributed by atoms with Gasteiger partial charge in [0.25, 0.3) is 0 Å². The number of carbonyl (C=O) groups excluding carboxylic acids is 2. The molecule has 2 aliphatic heterocycles. The molecule has 38 heavy (non-hydrogen) atoms. The van der Waals surface area contributed by atoms with Crippen molar-refractivity contribution >= 4 is 23.3 Å². The largest absolute Gasteiger partial charge is 0.508 e. The number of hydrogen-bond donors (Lipinski definition) is 2. The highest BCUT2D eigenvalue weighted by atomic mass is 32.2. The van der Waals surface area contributed by atoms with E-state index in [0.717, 1.165) is 24.3 Å². The predicted octanol–water partition coefficient (Wildman–Crippen LogP) is 5.84. The van der Waals surface area contributed by atoms with Gasteiger partial charge in [0, 0.05) is 48.0 Å². The lowest BCUT2D eigenvalue weighted by molar-refractivity contribution is 0.0437. The van der Waals surface area contributed by atoms with Gasteiger partial charge in [-0.3, -0.25) is 14.5 Å². The van der Waals surface area contributed by atoms with Gasteiger partial charge < -0.3 is 10.2 Å². The second-order valence-corrected chi connectivity index (χ2v) is 11.5. The summed E-state index contributed by atoms with van der Waals surface area (Å²) in [5, 5.41) is 20.2. The normalized spacial score (nSPS) is 21.3. The molecule has 0 amide bonds. The summed E-state index contributed by atoms with van der Waals surface area (Å²) in [6.45, 7) is 2.60. The van der Waals surface area contributed by atoms with E-state index in [2.05, 4.69) is 4.90 Å². The highest BCUT2D eigenvalue weighted by molar-refractivity contribution is 7.99. The molecule has 7 heteroatoms. The van der Waals surface area contributed by atoms with Crippen LogP contribution in [-0.2, 0) is 0 Å². The van der Waals surface area contributed by atoms with Crippen LogP contribution in [0.3, 0.4) is 0 Å². The van der Waals surface area contributed by atoms with Crippen LogP contribution in [0.15, 0.2) is 66.7 Å². The highest BCUT2D eigenvalue weighted by Crippen LogP contribution is 2.44. The van der Waals surface area contributed by atoms with E-state index >= 15 is 0 Å². The molecular formula is C31H32FNO4S. The van der Waals surface area contributed by atoms with Gasteiger partial charge in [-0.2, -0.15) is 11.8 Å². The highest BCUT2D eigenvalue weighted by Gasteiger charge is 2.47. The first-order valence-electron chi connectivity index (χ1n) is 13.1. The number of piperidine rings is 1. The van der Waals surface area contributed by atoms with Crippen molar-refractivity contribution in [2.75, 3.05) is 24.6 Å². The smallest absolute Gasteiger partial charge is 0.167 e. The fourth-order valence-corrected chi connectivity index (χ4v) is 7.17. The molecule has 0 spiro atoms. The number of aromatic hydroxyl groups is 2. The van der Waals surface area contributed by atoms with Crippen LogP contribution in [0.1, 0.15) is 50.6 Å². The van der Waals surface area contributed by atoms with E-state index in [1.54, 1.807) is 37.3 Å². The Kier molecular flexibility index (Phi) is 7.86. The van der Waals surface area contributed by atoms with Gasteiger partial charge in [-0.15, -0.1) is 0 Å². The van der Waals surface area contributed by atoms with Crippen LogP contribution < -0.4 is 0 Å². The number of Topliss-reactive ketones (excluding diaryl/α,β-unsaturated/α-hetero) is 2. The van der Waals surface area contributed by atoms with Gasteiger partial charge in [-0.25, -0.2) is 4.39 Å². The van der Waals surface area contributed by atoms with Crippen LogP contribution in [0.5, 0.6) is 11.5 Å². The zero-order valence-corrected chi connectivity index (χ0v) is 22.2. The molecule has 2 N–H and O–H groups in total. The number of phenols is 2. The maximum absolute atomic E-state index is 14.9. The van der Waals surface area contributed by atoms with Gasteiger partial charge in [0.05, 0.1) is 0 Å². The van der Waals surface area contributed by atoms with Gasteiger partial charge >= 0.3 is 0 Å². The minimum absolute atomic E-state index is 0.00121. The van der Waals surface area contributed by atoms with E-state index in [9.17, 15) is 24.2 Å². The Morgan fingerprint density at radius 1 is 0.842 bits per heavy atom. The molecule has 3 aromatic rings. The van der Waals surface area contributed by atoms with E-state index in [0.29, 0.717) is 35.3 Å². The van der Waals surface area contributed by atoms with Crippen molar-refractivity contribution in [2.45, 2.75) is 31.7 Å². The molecule has 3 aromatic carbocycles. The van der Waals surface area contributed by atoms with Crippen molar-refractivity contribution in [1.29, 1.82) is 0 Å². The minimum Gasteiger partial charge on any atom is -0.508 e. The van der Waals surface area contributed by atoms with E-state index in [-0.39, 0.29) is 34.9 Å². The molecule has 0 unspecified atom stereocenters. The minimum atomic E-state index is -0.619. The summed E-state index contributed by atoms with van der Waals surface area (Å²) in [6, 6.07) is 17.7. The summed E-state index contributed by atoms with van der Waals surface area (Å²) < 4.78 is 14.9. The zero-order chi connectivity index (χ0) is 26.8. The van der Waals surface area contributed by atoms with Crippen LogP contribution in [0.25, 0.3) is 0 Å². The number of thioether (sulfide) groups is 1. The van der Waals surface area contributed by atoms with Gasteiger partial charge in [-0.1, -0.05) is 36.4 Å². The van der Waals surface area contributed by atoms with Crippen molar-refractivity contribution < 1.29 is 24.2 Å². The van der Waals surface area contributed by atoms with E-state index in [4.69, 9.17) is 0 Å². The molecule has 0 saturated carbocycles. The molecule has 2 aliphatic rings.